The van der Waals surface area contributed by atoms with Crippen LogP contribution in [0.1, 0.15) is 5.56 Å². The monoisotopic (exact) mass is 526 g/mol. The highest BCUT2D eigenvalue weighted by Gasteiger charge is 2.23. The highest BCUT2D eigenvalue weighted by molar-refractivity contribution is 14.2. The third-order valence-corrected chi connectivity index (χ3v) is 5.67. The van der Waals surface area contributed by atoms with Crippen molar-refractivity contribution in [3.05, 3.63) is 35.9 Å². The van der Waals surface area contributed by atoms with E-state index in [0.29, 0.717) is 6.30 Å². The molecule has 1 aromatic carbocycles. The van der Waals surface area contributed by atoms with Crippen molar-refractivity contribution in [3.8, 4) is 0 Å². The minimum absolute atomic E-state index is 0.0929. The lowest BCUT2D eigenvalue weighted by Crippen LogP contribution is -2.36. The van der Waals surface area contributed by atoms with E-state index in [1.165, 1.54) is 50.5 Å². The molecule has 110 valence electrons. The Kier molecular flexibility index (Phi) is 6.90. The fourth-order valence-electron chi connectivity index (χ4n) is 0.982. The summed E-state index contributed by atoms with van der Waals surface area (Å²) >= 11 is 2.84. The van der Waals surface area contributed by atoms with Crippen molar-refractivity contribution < 1.29 is 27.5 Å². The van der Waals surface area contributed by atoms with Crippen molar-refractivity contribution in [2.45, 2.75) is 6.61 Å². The molecule has 20 heavy (non-hydrogen) atoms. The molecule has 0 aliphatic carbocycles. The molecule has 1 aromatic rings. The van der Waals surface area contributed by atoms with Gasteiger partial charge in [0.15, 0.2) is 0 Å². The summed E-state index contributed by atoms with van der Waals surface area (Å²) < 4.78 is 33.5. The van der Waals surface area contributed by atoms with Gasteiger partial charge in [-0.15, -0.1) is 0 Å². The lowest BCUT2D eigenvalue weighted by molar-refractivity contribution is 0.0716. The number of hydrogen-bond acceptors (Lipinski definition) is 6. The SMILES string of the molecule is O=C(NS(=O)(=O)N(I)I)OC(=O)OCc1ccccc1. The average Bonchev–Trinajstić information content (AvgIpc) is 2.36. The van der Waals surface area contributed by atoms with Crippen LogP contribution in [0.2, 0.25) is 0 Å². The van der Waals surface area contributed by atoms with Gasteiger partial charge in [0.2, 0.25) is 0 Å². The molecule has 0 saturated carbocycles. The van der Waals surface area contributed by atoms with E-state index in [4.69, 9.17) is 0 Å². The lowest BCUT2D eigenvalue weighted by atomic mass is 10.2. The molecule has 1 N–H and O–H groups in total. The smallest absolute Gasteiger partial charge is 0.429 e. The summed E-state index contributed by atoms with van der Waals surface area (Å²) in [6, 6.07) is 8.71. The zero-order chi connectivity index (χ0) is 15.2. The summed E-state index contributed by atoms with van der Waals surface area (Å²) in [4.78, 5) is 22.3. The number of nitrogens with zero attached hydrogens (tertiary/aromatic N) is 1. The minimum Gasteiger partial charge on any atom is -0.429 e. The Morgan fingerprint density at radius 1 is 1.20 bits per heavy atom. The molecule has 0 spiro atoms. The van der Waals surface area contributed by atoms with Crippen molar-refractivity contribution in [3.63, 3.8) is 0 Å². The molecular weight excluding hydrogens is 518 g/mol. The van der Waals surface area contributed by atoms with Gasteiger partial charge in [0, 0.05) is 0 Å². The first-order valence-electron chi connectivity index (χ1n) is 4.88. The normalized spacial score (nSPS) is 10.9. The Bertz CT molecular complexity index is 577. The van der Waals surface area contributed by atoms with Crippen molar-refractivity contribution in [2.24, 2.45) is 0 Å². The van der Waals surface area contributed by atoms with Crippen LogP contribution in [-0.4, -0.2) is 21.4 Å². The number of nitrogens with one attached hydrogen (secondary N) is 1. The number of carbonyl (C=O) groups is 2. The predicted octanol–water partition coefficient (Wildman–Crippen LogP) is 2.30. The second-order valence-electron chi connectivity index (χ2n) is 3.19. The molecule has 0 bridgehead atoms. The standard InChI is InChI=1S/C9H8I2N2O6S/c10-13(11)20(16,17)12-8(14)19-9(15)18-6-7-4-2-1-3-5-7/h1-5H,6H2,(H,12,14). The van der Waals surface area contributed by atoms with E-state index in [1.807, 2.05) is 0 Å². The maximum absolute atomic E-state index is 11.2. The summed E-state index contributed by atoms with van der Waals surface area (Å²) in [6.07, 6.45) is -2.74. The van der Waals surface area contributed by atoms with E-state index in [0.717, 1.165) is 0 Å². The predicted molar refractivity (Wildman–Crippen MR) is 85.0 cm³/mol. The molecule has 0 aliphatic heterocycles. The molecule has 0 aromatic heterocycles. The van der Waals surface area contributed by atoms with Gasteiger partial charge in [-0.1, -0.05) is 31.1 Å². The van der Waals surface area contributed by atoms with Gasteiger partial charge in [0.25, 0.3) is 0 Å². The summed E-state index contributed by atoms with van der Waals surface area (Å²) in [5, 5.41) is 0. The Morgan fingerprint density at radius 3 is 2.35 bits per heavy atom. The molecule has 0 saturated heterocycles. The van der Waals surface area contributed by atoms with Crippen LogP contribution < -0.4 is 4.72 Å². The number of hydrogen-bond donors (Lipinski definition) is 1. The quantitative estimate of drug-likeness (QED) is 0.280. The van der Waals surface area contributed by atoms with Gasteiger partial charge in [-0.25, -0.2) is 14.3 Å². The number of benzene rings is 1. The van der Waals surface area contributed by atoms with E-state index in [9.17, 15) is 18.0 Å². The largest absolute Gasteiger partial charge is 0.517 e. The van der Waals surface area contributed by atoms with Crippen LogP contribution in [0.15, 0.2) is 30.3 Å². The van der Waals surface area contributed by atoms with Gasteiger partial charge < -0.3 is 9.47 Å². The van der Waals surface area contributed by atoms with Gasteiger partial charge >= 0.3 is 22.5 Å². The third-order valence-electron chi connectivity index (χ3n) is 1.77. The first-order valence-corrected chi connectivity index (χ1v) is 8.25. The minimum atomic E-state index is -4.04. The molecule has 8 nitrogen and oxygen atoms in total. The van der Waals surface area contributed by atoms with E-state index in [2.05, 4.69) is 9.47 Å². The molecule has 0 radical (unpaired) electrons. The zero-order valence-corrected chi connectivity index (χ0v) is 14.8. The molecule has 1 amide bonds. The van der Waals surface area contributed by atoms with Crippen LogP contribution in [0.3, 0.4) is 0 Å². The molecular formula is C9H8I2N2O6S. The topological polar surface area (TPSA) is 102 Å². The van der Waals surface area contributed by atoms with Crippen molar-refractivity contribution in [2.75, 3.05) is 0 Å². The van der Waals surface area contributed by atoms with Crippen LogP contribution in [0.4, 0.5) is 9.59 Å². The summed E-state index contributed by atoms with van der Waals surface area (Å²) in [5.41, 5.74) is 0.697. The molecule has 0 unspecified atom stereocenters. The first kappa shape index (κ1) is 17.4. The Balaban J connectivity index is 2.41. The highest BCUT2D eigenvalue weighted by atomic mass is 127. The fourth-order valence-corrected chi connectivity index (χ4v) is 1.89. The van der Waals surface area contributed by atoms with Crippen LogP contribution in [-0.2, 0) is 26.3 Å². The van der Waals surface area contributed by atoms with Gasteiger partial charge in [-0.3, -0.25) is 0 Å². The maximum Gasteiger partial charge on any atom is 0.517 e. The van der Waals surface area contributed by atoms with Crippen molar-refractivity contribution in [1.82, 2.24) is 5.45 Å². The van der Waals surface area contributed by atoms with Crippen LogP contribution in [0, 0.1) is 0 Å². The lowest BCUT2D eigenvalue weighted by Gasteiger charge is -2.08. The van der Waals surface area contributed by atoms with Crippen LogP contribution >= 0.6 is 45.7 Å². The molecule has 0 atom stereocenters. The number of ether oxygens (including phenoxy) is 2. The van der Waals surface area contributed by atoms with Crippen LogP contribution in [0.5, 0.6) is 0 Å². The average molecular weight is 526 g/mol. The summed E-state index contributed by atoms with van der Waals surface area (Å²) in [5.74, 6) is 0. The molecule has 0 fully saturated rings. The molecule has 1 rings (SSSR count). The number of amides is 1. The summed E-state index contributed by atoms with van der Waals surface area (Å²) in [7, 11) is -4.04. The first-order chi connectivity index (χ1) is 9.31. The zero-order valence-electron chi connectivity index (χ0n) is 9.65. The highest BCUT2D eigenvalue weighted by Crippen LogP contribution is 2.12. The van der Waals surface area contributed by atoms with Gasteiger partial charge in [-0.2, -0.15) is 8.42 Å². The number of rotatable bonds is 4. The van der Waals surface area contributed by atoms with Gasteiger partial charge in [0.05, 0.1) is 45.7 Å². The second kappa shape index (κ2) is 7.94. The van der Waals surface area contributed by atoms with E-state index in [1.54, 1.807) is 30.3 Å². The van der Waals surface area contributed by atoms with Crippen LogP contribution in [0.25, 0.3) is 0 Å². The Morgan fingerprint density at radius 2 is 1.80 bits per heavy atom. The van der Waals surface area contributed by atoms with E-state index >= 15 is 0 Å². The third kappa shape index (κ3) is 6.19. The number of halogens is 2. The summed E-state index contributed by atoms with van der Waals surface area (Å²) in [6.45, 7) is -0.0929. The van der Waals surface area contributed by atoms with Crippen molar-refractivity contribution in [1.29, 1.82) is 0 Å². The second-order valence-corrected chi connectivity index (χ2v) is 9.80. The van der Waals surface area contributed by atoms with E-state index < -0.39 is 22.5 Å². The molecule has 11 heteroatoms. The maximum atomic E-state index is 11.2. The molecule has 0 heterocycles. The Hall–Kier alpha value is -0.670. The van der Waals surface area contributed by atoms with Crippen molar-refractivity contribution >= 4 is 68.2 Å². The van der Waals surface area contributed by atoms with E-state index in [-0.39, 0.29) is 6.61 Å². The molecule has 0 aliphatic rings. The van der Waals surface area contributed by atoms with Gasteiger partial charge in [0.1, 0.15) is 6.61 Å². The Labute approximate surface area is 143 Å². The van der Waals surface area contributed by atoms with Gasteiger partial charge in [-0.05, 0) is 5.56 Å². The fraction of sp³-hybridized carbons (Fsp3) is 0.111. The number of carbonyl (C=O) groups excluding carboxylic acids is 2.